The van der Waals surface area contributed by atoms with Crippen molar-refractivity contribution in [3.05, 3.63) is 51.2 Å². The molecule has 112 valence electrons. The predicted octanol–water partition coefficient (Wildman–Crippen LogP) is 5.21. The second-order valence-corrected chi connectivity index (χ2v) is 6.63. The molecule has 2 rings (SSSR count). The summed E-state index contributed by atoms with van der Waals surface area (Å²) in [6.45, 7) is 1.82. The molecule has 0 aliphatic heterocycles. The molecule has 0 aliphatic carbocycles. The van der Waals surface area contributed by atoms with Gasteiger partial charge in [0.05, 0.1) is 6.04 Å². The van der Waals surface area contributed by atoms with E-state index >= 15 is 0 Å². The number of carbonyl (C=O) groups excluding carboxylic acids is 1. The van der Waals surface area contributed by atoms with Gasteiger partial charge in [-0.3, -0.25) is 4.79 Å². The molecule has 0 radical (unpaired) electrons. The van der Waals surface area contributed by atoms with Crippen molar-refractivity contribution in [1.82, 2.24) is 5.32 Å². The van der Waals surface area contributed by atoms with E-state index in [9.17, 15) is 13.6 Å². The number of rotatable bonds is 5. The Morgan fingerprint density at radius 1 is 1.38 bits per heavy atom. The van der Waals surface area contributed by atoms with Crippen LogP contribution in [-0.2, 0) is 0 Å². The minimum absolute atomic E-state index is 0.261. The van der Waals surface area contributed by atoms with Gasteiger partial charge in [-0.2, -0.15) is 8.78 Å². The summed E-state index contributed by atoms with van der Waals surface area (Å²) >= 11 is 7.44. The first-order valence-electron chi connectivity index (χ1n) is 6.06. The van der Waals surface area contributed by atoms with Gasteiger partial charge in [-0.1, -0.05) is 35.5 Å². The number of thioether (sulfide) groups is 1. The highest BCUT2D eigenvalue weighted by Gasteiger charge is 2.19. The third kappa shape index (κ3) is 4.43. The molecule has 21 heavy (non-hydrogen) atoms. The Labute approximate surface area is 134 Å². The van der Waals surface area contributed by atoms with Gasteiger partial charge in [-0.05, 0) is 36.1 Å². The highest BCUT2D eigenvalue weighted by molar-refractivity contribution is 7.99. The van der Waals surface area contributed by atoms with Crippen LogP contribution in [0.3, 0.4) is 0 Å². The van der Waals surface area contributed by atoms with Crippen molar-refractivity contribution in [2.45, 2.75) is 23.6 Å². The van der Waals surface area contributed by atoms with E-state index in [1.165, 1.54) is 6.07 Å². The summed E-state index contributed by atoms with van der Waals surface area (Å²) in [7, 11) is 0. The first kappa shape index (κ1) is 16.3. The molecule has 1 unspecified atom stereocenters. The Morgan fingerprint density at radius 2 is 2.14 bits per heavy atom. The Balaban J connectivity index is 2.09. The van der Waals surface area contributed by atoms with E-state index in [0.717, 1.165) is 16.9 Å². The third-order valence-electron chi connectivity index (χ3n) is 2.75. The fourth-order valence-corrected chi connectivity index (χ4v) is 3.58. The quantitative estimate of drug-likeness (QED) is 0.752. The van der Waals surface area contributed by atoms with Crippen molar-refractivity contribution in [2.24, 2.45) is 0 Å². The number of nitrogens with one attached hydrogen (secondary N) is 1. The topological polar surface area (TPSA) is 29.1 Å². The van der Waals surface area contributed by atoms with Crippen LogP contribution in [0.4, 0.5) is 8.78 Å². The lowest BCUT2D eigenvalue weighted by Gasteiger charge is -2.14. The summed E-state index contributed by atoms with van der Waals surface area (Å²) in [6.07, 6.45) is 0. The smallest absolute Gasteiger partial charge is 0.288 e. The van der Waals surface area contributed by atoms with Gasteiger partial charge in [0.1, 0.15) is 4.88 Å². The van der Waals surface area contributed by atoms with E-state index in [0.29, 0.717) is 26.6 Å². The van der Waals surface area contributed by atoms with Crippen LogP contribution in [0.5, 0.6) is 0 Å². The minimum Gasteiger partial charge on any atom is -0.345 e. The summed E-state index contributed by atoms with van der Waals surface area (Å²) < 4.78 is 24.9. The normalized spacial score (nSPS) is 12.4. The van der Waals surface area contributed by atoms with Gasteiger partial charge in [-0.25, -0.2) is 0 Å². The molecule has 0 fully saturated rings. The minimum atomic E-state index is -2.54. The summed E-state index contributed by atoms with van der Waals surface area (Å²) in [4.78, 5) is 12.8. The van der Waals surface area contributed by atoms with Gasteiger partial charge in [0.15, 0.2) is 0 Å². The molecule has 1 N–H and O–H groups in total. The molecule has 0 saturated carbocycles. The van der Waals surface area contributed by atoms with Gasteiger partial charge in [0.25, 0.3) is 11.7 Å². The molecule has 2 nitrogen and oxygen atoms in total. The SMILES string of the molecule is CC(NC(=O)c1sccc1SC(F)F)c1cccc(Cl)c1. The molecule has 1 aromatic carbocycles. The molecule has 0 bridgehead atoms. The molecule has 0 spiro atoms. The highest BCUT2D eigenvalue weighted by atomic mass is 35.5. The number of amides is 1. The van der Waals surface area contributed by atoms with Crippen LogP contribution in [0.25, 0.3) is 0 Å². The van der Waals surface area contributed by atoms with E-state index in [1.807, 2.05) is 13.0 Å². The van der Waals surface area contributed by atoms with E-state index in [-0.39, 0.29) is 11.9 Å². The number of alkyl halides is 2. The van der Waals surface area contributed by atoms with E-state index in [2.05, 4.69) is 5.32 Å². The van der Waals surface area contributed by atoms with Crippen LogP contribution in [0.1, 0.15) is 28.2 Å². The molecule has 1 aromatic heterocycles. The van der Waals surface area contributed by atoms with Crippen LogP contribution < -0.4 is 5.32 Å². The Bertz CT molecular complexity index is 633. The van der Waals surface area contributed by atoms with Crippen LogP contribution in [0.2, 0.25) is 5.02 Å². The lowest BCUT2D eigenvalue weighted by molar-refractivity contribution is 0.0941. The number of carbonyl (C=O) groups is 1. The molecule has 1 atom stereocenters. The van der Waals surface area contributed by atoms with Gasteiger partial charge >= 0.3 is 0 Å². The molecule has 7 heteroatoms. The zero-order valence-corrected chi connectivity index (χ0v) is 13.4. The maximum Gasteiger partial charge on any atom is 0.288 e. The molecular weight excluding hydrogens is 336 g/mol. The largest absolute Gasteiger partial charge is 0.345 e. The van der Waals surface area contributed by atoms with Crippen molar-refractivity contribution >= 4 is 40.6 Å². The fraction of sp³-hybridized carbons (Fsp3) is 0.214. The second-order valence-electron chi connectivity index (χ2n) is 4.24. The number of hydrogen-bond donors (Lipinski definition) is 1. The van der Waals surface area contributed by atoms with Crippen LogP contribution in [0.15, 0.2) is 40.6 Å². The van der Waals surface area contributed by atoms with Crippen molar-refractivity contribution in [1.29, 1.82) is 0 Å². The second kappa shape index (κ2) is 7.24. The van der Waals surface area contributed by atoms with Crippen LogP contribution >= 0.6 is 34.7 Å². The van der Waals surface area contributed by atoms with Gasteiger partial charge in [0, 0.05) is 9.92 Å². The lowest BCUT2D eigenvalue weighted by atomic mass is 10.1. The average Bonchev–Trinajstić information content (AvgIpc) is 2.86. The Kier molecular flexibility index (Phi) is 5.61. The molecule has 2 aromatic rings. The molecule has 1 heterocycles. The first-order valence-corrected chi connectivity index (χ1v) is 8.19. The summed E-state index contributed by atoms with van der Waals surface area (Å²) in [6, 6.07) is 8.42. The van der Waals surface area contributed by atoms with Crippen molar-refractivity contribution < 1.29 is 13.6 Å². The van der Waals surface area contributed by atoms with Crippen LogP contribution in [-0.4, -0.2) is 11.7 Å². The third-order valence-corrected chi connectivity index (χ3v) is 4.80. The highest BCUT2D eigenvalue weighted by Crippen LogP contribution is 2.32. The number of halogens is 3. The maximum atomic E-state index is 12.4. The Hall–Kier alpha value is -1.11. The summed E-state index contributed by atoms with van der Waals surface area (Å²) in [5, 5.41) is 5.00. The molecule has 0 saturated heterocycles. The van der Waals surface area contributed by atoms with E-state index in [4.69, 9.17) is 11.6 Å². The zero-order chi connectivity index (χ0) is 15.4. The first-order chi connectivity index (χ1) is 9.97. The predicted molar refractivity (Wildman–Crippen MR) is 83.5 cm³/mol. The van der Waals surface area contributed by atoms with E-state index < -0.39 is 5.76 Å². The van der Waals surface area contributed by atoms with Crippen molar-refractivity contribution in [3.63, 3.8) is 0 Å². The average molecular weight is 348 g/mol. The fourth-order valence-electron chi connectivity index (χ4n) is 1.77. The van der Waals surface area contributed by atoms with Gasteiger partial charge in [0.2, 0.25) is 0 Å². The lowest BCUT2D eigenvalue weighted by Crippen LogP contribution is -2.26. The standard InChI is InChI=1S/C14H12ClF2NOS2/c1-8(9-3-2-4-10(15)7-9)18-13(19)12-11(5-6-20-12)21-14(16)17/h2-8,14H,1H3,(H,18,19). The molecular formula is C14H12ClF2NOS2. The van der Waals surface area contributed by atoms with Crippen molar-refractivity contribution in [2.75, 3.05) is 0 Å². The Morgan fingerprint density at radius 3 is 2.81 bits per heavy atom. The van der Waals surface area contributed by atoms with E-state index in [1.54, 1.807) is 23.6 Å². The van der Waals surface area contributed by atoms with Gasteiger partial charge in [-0.15, -0.1) is 11.3 Å². The number of benzene rings is 1. The van der Waals surface area contributed by atoms with Crippen LogP contribution in [0, 0.1) is 0 Å². The molecule has 0 aliphatic rings. The zero-order valence-electron chi connectivity index (χ0n) is 11.0. The van der Waals surface area contributed by atoms with Crippen molar-refractivity contribution in [3.8, 4) is 0 Å². The summed E-state index contributed by atoms with van der Waals surface area (Å²) in [5.74, 6) is -2.91. The monoisotopic (exact) mass is 347 g/mol. The number of thiophene rings is 1. The van der Waals surface area contributed by atoms with Gasteiger partial charge < -0.3 is 5.32 Å². The summed E-state index contributed by atoms with van der Waals surface area (Å²) in [5.41, 5.74) is 0.857. The molecule has 1 amide bonds. The number of hydrogen-bond acceptors (Lipinski definition) is 3. The maximum absolute atomic E-state index is 12.4.